The van der Waals surface area contributed by atoms with Crippen LogP contribution in [0.15, 0.2) is 24.1 Å². The fourth-order valence-electron chi connectivity index (χ4n) is 2.22. The minimum absolute atomic E-state index is 0.0191. The number of phenolic OH excluding ortho intramolecular Hbond substituents is 1. The number of nitrogens with zero attached hydrogens (tertiary/aromatic N) is 1. The van der Waals surface area contributed by atoms with E-state index in [-0.39, 0.29) is 41.3 Å². The van der Waals surface area contributed by atoms with Crippen LogP contribution in [-0.4, -0.2) is 39.3 Å². The second-order valence-electron chi connectivity index (χ2n) is 4.52. The van der Waals surface area contributed by atoms with Crippen LogP contribution in [0.1, 0.15) is 45.6 Å². The number of aliphatic hydroxyl groups is 2. The van der Waals surface area contributed by atoms with Crippen LogP contribution >= 0.6 is 23.2 Å². The minimum atomic E-state index is -0.544. The van der Waals surface area contributed by atoms with Gasteiger partial charge in [-0.3, -0.25) is 4.79 Å². The van der Waals surface area contributed by atoms with E-state index in [1.807, 2.05) is 27.7 Å². The van der Waals surface area contributed by atoms with Crippen molar-refractivity contribution in [2.24, 2.45) is 0 Å². The molecular formula is C17H25Cl2NO4. The fraction of sp³-hybridized carbons (Fsp3) is 0.471. The number of aliphatic hydroxyl groups excluding tert-OH is 2. The Morgan fingerprint density at radius 1 is 1.29 bits per heavy atom. The Bertz CT molecular complexity index is 576. The van der Waals surface area contributed by atoms with Crippen LogP contribution in [0.2, 0.25) is 10.0 Å². The van der Waals surface area contributed by atoms with E-state index in [1.54, 1.807) is 0 Å². The number of amides is 1. The van der Waals surface area contributed by atoms with E-state index in [1.165, 1.54) is 23.2 Å². The number of carbonyl (C=O) groups excluding carboxylic acids is 1. The van der Waals surface area contributed by atoms with Crippen molar-refractivity contribution in [2.75, 3.05) is 13.2 Å². The highest BCUT2D eigenvalue weighted by Gasteiger charge is 2.33. The molecule has 1 amide bonds. The van der Waals surface area contributed by atoms with Gasteiger partial charge in [0.15, 0.2) is 0 Å². The number of rotatable bonds is 3. The zero-order valence-corrected chi connectivity index (χ0v) is 15.9. The molecule has 24 heavy (non-hydrogen) atoms. The smallest absolute Gasteiger partial charge is 0.227 e. The van der Waals surface area contributed by atoms with Crippen LogP contribution in [0.4, 0.5) is 0 Å². The monoisotopic (exact) mass is 377 g/mol. The zero-order chi connectivity index (χ0) is 18.9. The second-order valence-corrected chi connectivity index (χ2v) is 5.31. The highest BCUT2D eigenvalue weighted by molar-refractivity contribution is 6.42. The van der Waals surface area contributed by atoms with Gasteiger partial charge < -0.3 is 20.2 Å². The van der Waals surface area contributed by atoms with Gasteiger partial charge in [-0.05, 0) is 12.1 Å². The molecule has 0 radical (unpaired) electrons. The van der Waals surface area contributed by atoms with Gasteiger partial charge in [0.05, 0.1) is 10.0 Å². The van der Waals surface area contributed by atoms with Gasteiger partial charge in [0.25, 0.3) is 0 Å². The van der Waals surface area contributed by atoms with Gasteiger partial charge in [0.1, 0.15) is 18.1 Å². The molecule has 136 valence electrons. The highest BCUT2D eigenvalue weighted by atomic mass is 35.5. The average Bonchev–Trinajstić information content (AvgIpc) is 2.95. The van der Waals surface area contributed by atoms with Crippen molar-refractivity contribution in [3.63, 3.8) is 0 Å². The molecular weight excluding hydrogens is 353 g/mol. The Hall–Kier alpha value is -1.43. The van der Waals surface area contributed by atoms with E-state index in [9.17, 15) is 15.0 Å². The van der Waals surface area contributed by atoms with Crippen molar-refractivity contribution >= 4 is 29.1 Å². The molecule has 5 nitrogen and oxygen atoms in total. The standard InChI is InChI=1S/C13H13Cl2NO4.2C2H6/c14-9-1-2-10(19)12(13(9)15)7-3-11(20)16(4-7)5-8(18)6-17;2*1-2/h1-2,5,7,17-19H,3-4,6H2;2*1-2H3/b8-5+;;. The molecule has 1 fully saturated rings. The maximum atomic E-state index is 11.8. The average molecular weight is 378 g/mol. The molecule has 1 aliphatic rings. The van der Waals surface area contributed by atoms with Crippen LogP contribution in [0, 0.1) is 0 Å². The van der Waals surface area contributed by atoms with Crippen molar-refractivity contribution in [1.29, 1.82) is 0 Å². The molecule has 2 rings (SSSR count). The summed E-state index contributed by atoms with van der Waals surface area (Å²) in [6.07, 6.45) is 1.32. The van der Waals surface area contributed by atoms with Crippen molar-refractivity contribution in [3.8, 4) is 5.75 Å². The maximum absolute atomic E-state index is 11.8. The molecule has 1 aliphatic heterocycles. The number of hydrogen-bond donors (Lipinski definition) is 3. The van der Waals surface area contributed by atoms with Crippen LogP contribution in [0.25, 0.3) is 0 Å². The molecule has 1 atom stereocenters. The Balaban J connectivity index is 0.00000123. The van der Waals surface area contributed by atoms with Gasteiger partial charge >= 0.3 is 0 Å². The van der Waals surface area contributed by atoms with Crippen LogP contribution in [-0.2, 0) is 4.79 Å². The molecule has 3 N–H and O–H groups in total. The van der Waals surface area contributed by atoms with Gasteiger partial charge in [-0.1, -0.05) is 50.9 Å². The van der Waals surface area contributed by atoms with Gasteiger partial charge in [-0.25, -0.2) is 0 Å². The summed E-state index contributed by atoms with van der Waals surface area (Å²) in [7, 11) is 0. The van der Waals surface area contributed by atoms with Crippen molar-refractivity contribution < 1.29 is 20.1 Å². The van der Waals surface area contributed by atoms with E-state index in [2.05, 4.69) is 0 Å². The summed E-state index contributed by atoms with van der Waals surface area (Å²) in [5, 5.41) is 28.4. The summed E-state index contributed by atoms with van der Waals surface area (Å²) in [5.41, 5.74) is 0.423. The van der Waals surface area contributed by atoms with Crippen LogP contribution in [0.5, 0.6) is 5.75 Å². The molecule has 0 saturated carbocycles. The van der Waals surface area contributed by atoms with Gasteiger partial charge in [0.2, 0.25) is 5.91 Å². The molecule has 0 aliphatic carbocycles. The quantitative estimate of drug-likeness (QED) is 0.679. The number of phenols is 1. The van der Waals surface area contributed by atoms with Gasteiger partial charge in [0, 0.05) is 30.6 Å². The third-order valence-electron chi connectivity index (χ3n) is 3.14. The lowest BCUT2D eigenvalue weighted by Gasteiger charge is -2.15. The van der Waals surface area contributed by atoms with Crippen LogP contribution < -0.4 is 0 Å². The van der Waals surface area contributed by atoms with Gasteiger partial charge in [-0.15, -0.1) is 0 Å². The Labute approximate surface area is 153 Å². The zero-order valence-electron chi connectivity index (χ0n) is 14.4. The molecule has 7 heteroatoms. The van der Waals surface area contributed by atoms with E-state index in [4.69, 9.17) is 28.3 Å². The van der Waals surface area contributed by atoms with Crippen molar-refractivity contribution in [3.05, 3.63) is 39.7 Å². The predicted molar refractivity (Wildman–Crippen MR) is 97.7 cm³/mol. The largest absolute Gasteiger partial charge is 0.508 e. The van der Waals surface area contributed by atoms with Crippen molar-refractivity contribution in [2.45, 2.75) is 40.0 Å². The lowest BCUT2D eigenvalue weighted by atomic mass is 9.97. The minimum Gasteiger partial charge on any atom is -0.508 e. The van der Waals surface area contributed by atoms with E-state index >= 15 is 0 Å². The molecule has 1 heterocycles. The second kappa shape index (κ2) is 11.2. The van der Waals surface area contributed by atoms with E-state index < -0.39 is 6.61 Å². The topological polar surface area (TPSA) is 81.0 Å². The third kappa shape index (κ3) is 5.58. The van der Waals surface area contributed by atoms with Crippen molar-refractivity contribution in [1.82, 2.24) is 4.90 Å². The highest BCUT2D eigenvalue weighted by Crippen LogP contribution is 2.41. The Morgan fingerprint density at radius 3 is 2.42 bits per heavy atom. The van der Waals surface area contributed by atoms with E-state index in [0.717, 1.165) is 0 Å². The third-order valence-corrected chi connectivity index (χ3v) is 3.96. The maximum Gasteiger partial charge on any atom is 0.227 e. The molecule has 0 aromatic heterocycles. The fourth-order valence-corrected chi connectivity index (χ4v) is 2.69. The van der Waals surface area contributed by atoms with Crippen LogP contribution in [0.3, 0.4) is 0 Å². The number of hydrogen-bond acceptors (Lipinski definition) is 4. The number of likely N-dealkylation sites (tertiary alicyclic amines) is 1. The first kappa shape index (κ1) is 22.6. The SMILES string of the molecule is CC.CC.O=C1CC(c2c(O)ccc(Cl)c2Cl)CN1/C=C(/O)CO. The summed E-state index contributed by atoms with van der Waals surface area (Å²) < 4.78 is 0. The molecule has 1 saturated heterocycles. The number of carbonyl (C=O) groups is 1. The number of benzene rings is 1. The predicted octanol–water partition coefficient (Wildman–Crippen LogP) is 4.46. The lowest BCUT2D eigenvalue weighted by Crippen LogP contribution is -2.19. The molecule has 0 bridgehead atoms. The number of aromatic hydroxyl groups is 1. The summed E-state index contributed by atoms with van der Waals surface area (Å²) >= 11 is 12.0. The normalized spacial score (nSPS) is 17.0. The summed E-state index contributed by atoms with van der Waals surface area (Å²) in [5.74, 6) is -0.878. The summed E-state index contributed by atoms with van der Waals surface area (Å²) in [4.78, 5) is 13.1. The summed E-state index contributed by atoms with van der Waals surface area (Å²) in [6, 6.07) is 2.91. The first-order valence-electron chi connectivity index (χ1n) is 7.91. The number of halogens is 2. The Kier molecular flexibility index (Phi) is 10.5. The molecule has 1 aromatic rings. The molecule has 1 aromatic carbocycles. The lowest BCUT2D eigenvalue weighted by molar-refractivity contribution is -0.125. The summed E-state index contributed by atoms with van der Waals surface area (Å²) in [6.45, 7) is 7.70. The molecule has 0 spiro atoms. The molecule has 1 unspecified atom stereocenters. The van der Waals surface area contributed by atoms with E-state index in [0.29, 0.717) is 10.6 Å². The van der Waals surface area contributed by atoms with Gasteiger partial charge in [-0.2, -0.15) is 0 Å². The first-order valence-corrected chi connectivity index (χ1v) is 8.66. The first-order chi connectivity index (χ1) is 11.4. The Morgan fingerprint density at radius 2 is 1.88 bits per heavy atom.